The number of para-hydroxylation sites is 1. The van der Waals surface area contributed by atoms with Crippen molar-refractivity contribution >= 4 is 64.4 Å². The van der Waals surface area contributed by atoms with Crippen molar-refractivity contribution in [2.75, 3.05) is 11.9 Å². The molecule has 35 heavy (non-hydrogen) atoms. The number of ether oxygens (including phenoxy) is 1. The summed E-state index contributed by atoms with van der Waals surface area (Å²) in [6.45, 7) is 1.04. The van der Waals surface area contributed by atoms with Crippen LogP contribution in [0.25, 0.3) is 0 Å². The van der Waals surface area contributed by atoms with E-state index in [2.05, 4.69) is 15.8 Å². The molecule has 0 aliphatic rings. The van der Waals surface area contributed by atoms with Crippen LogP contribution >= 0.6 is 35.0 Å². The summed E-state index contributed by atoms with van der Waals surface area (Å²) in [5.74, 6) is -0.512. The maximum Gasteiger partial charge on any atom is 0.277 e. The maximum atomic E-state index is 12.1. The molecule has 0 aliphatic heterocycles. The van der Waals surface area contributed by atoms with Crippen LogP contribution in [0.15, 0.2) is 75.6 Å². The van der Waals surface area contributed by atoms with Gasteiger partial charge in [0.2, 0.25) is 5.91 Å². The number of hydrogen-bond donors (Lipinski definition) is 2. The summed E-state index contributed by atoms with van der Waals surface area (Å²) in [5.41, 5.74) is 3.16. The minimum absolute atomic E-state index is 0.141. The number of anilines is 1. The SMILES string of the molecule is CC(=O)Nc1ccccc1Sc1ccc([N+](=O)[O-])cc1/C=N/NC(=O)COc1ccc(Cl)cc1Cl. The van der Waals surface area contributed by atoms with E-state index in [-0.39, 0.29) is 29.0 Å². The number of rotatable bonds is 9. The van der Waals surface area contributed by atoms with E-state index in [0.29, 0.717) is 21.2 Å². The monoisotopic (exact) mass is 532 g/mol. The van der Waals surface area contributed by atoms with Crippen molar-refractivity contribution in [3.63, 3.8) is 0 Å². The van der Waals surface area contributed by atoms with E-state index in [4.69, 9.17) is 27.9 Å². The molecule has 3 aromatic rings. The normalized spacial score (nSPS) is 10.7. The van der Waals surface area contributed by atoms with Crippen LogP contribution in [-0.4, -0.2) is 29.6 Å². The molecule has 3 aromatic carbocycles. The first-order chi connectivity index (χ1) is 16.7. The molecule has 9 nitrogen and oxygen atoms in total. The van der Waals surface area contributed by atoms with E-state index in [0.717, 1.165) is 4.90 Å². The molecule has 2 amide bonds. The number of nitrogens with one attached hydrogen (secondary N) is 2. The van der Waals surface area contributed by atoms with Crippen molar-refractivity contribution in [2.45, 2.75) is 16.7 Å². The molecule has 0 radical (unpaired) electrons. The van der Waals surface area contributed by atoms with Gasteiger partial charge in [0.25, 0.3) is 11.6 Å². The Kier molecular flexibility index (Phi) is 9.07. The van der Waals surface area contributed by atoms with Crippen LogP contribution in [-0.2, 0) is 9.59 Å². The fourth-order valence-corrected chi connectivity index (χ4v) is 4.19. The van der Waals surface area contributed by atoms with E-state index >= 15 is 0 Å². The van der Waals surface area contributed by atoms with Gasteiger partial charge >= 0.3 is 0 Å². The van der Waals surface area contributed by atoms with Crippen LogP contribution in [0.1, 0.15) is 12.5 Å². The third-order valence-corrected chi connectivity index (χ3v) is 5.97. The van der Waals surface area contributed by atoms with Crippen LogP contribution < -0.4 is 15.5 Å². The molecule has 0 spiro atoms. The number of carbonyl (C=O) groups is 2. The quantitative estimate of drug-likeness (QED) is 0.212. The number of halogens is 2. The van der Waals surface area contributed by atoms with Crippen LogP contribution in [0, 0.1) is 10.1 Å². The van der Waals surface area contributed by atoms with Crippen molar-refractivity contribution in [1.82, 2.24) is 5.43 Å². The number of hydrogen-bond acceptors (Lipinski definition) is 7. The van der Waals surface area contributed by atoms with Gasteiger partial charge in [-0.15, -0.1) is 0 Å². The lowest BCUT2D eigenvalue weighted by Crippen LogP contribution is -2.24. The van der Waals surface area contributed by atoms with Gasteiger partial charge in [-0.25, -0.2) is 5.43 Å². The average Bonchev–Trinajstić information content (AvgIpc) is 2.80. The first kappa shape index (κ1) is 26.0. The maximum absolute atomic E-state index is 12.1. The van der Waals surface area contributed by atoms with Gasteiger partial charge < -0.3 is 10.1 Å². The van der Waals surface area contributed by atoms with Gasteiger partial charge in [0.05, 0.1) is 21.8 Å². The zero-order valence-electron chi connectivity index (χ0n) is 18.2. The Morgan fingerprint density at radius 3 is 2.60 bits per heavy atom. The van der Waals surface area contributed by atoms with Crippen molar-refractivity contribution in [2.24, 2.45) is 5.10 Å². The second kappa shape index (κ2) is 12.2. The van der Waals surface area contributed by atoms with E-state index in [1.807, 2.05) is 0 Å². The molecule has 0 saturated heterocycles. The van der Waals surface area contributed by atoms with Gasteiger partial charge in [0.15, 0.2) is 6.61 Å². The predicted octanol–water partition coefficient (Wildman–Crippen LogP) is 5.54. The molecular weight excluding hydrogens is 515 g/mol. The highest BCUT2D eigenvalue weighted by atomic mass is 35.5. The molecule has 3 rings (SSSR count). The Hall–Kier alpha value is -3.60. The molecule has 0 bridgehead atoms. The summed E-state index contributed by atoms with van der Waals surface area (Å²) in [5, 5.41) is 18.6. The molecule has 2 N–H and O–H groups in total. The van der Waals surface area contributed by atoms with Crippen LogP contribution in [0.5, 0.6) is 5.75 Å². The lowest BCUT2D eigenvalue weighted by molar-refractivity contribution is -0.384. The Morgan fingerprint density at radius 1 is 1.11 bits per heavy atom. The van der Waals surface area contributed by atoms with Crippen molar-refractivity contribution in [3.05, 3.63) is 86.4 Å². The summed E-state index contributed by atoms with van der Waals surface area (Å²) in [6, 6.07) is 16.0. The van der Waals surface area contributed by atoms with Gasteiger partial charge in [-0.2, -0.15) is 5.10 Å². The minimum Gasteiger partial charge on any atom is -0.482 e. The fraction of sp³-hybridized carbons (Fsp3) is 0.0870. The standard InChI is InChI=1S/C23H18Cl2N4O5S/c1-14(30)27-19-4-2-3-5-22(19)35-21-9-7-17(29(32)33)10-15(21)12-26-28-23(31)13-34-20-8-6-16(24)11-18(20)25/h2-12H,13H2,1H3,(H,27,30)(H,28,31)/b26-12+. The fourth-order valence-electron chi connectivity index (χ4n) is 2.75. The Morgan fingerprint density at radius 2 is 1.89 bits per heavy atom. The first-order valence-electron chi connectivity index (χ1n) is 9.95. The summed E-state index contributed by atoms with van der Waals surface area (Å²) in [4.78, 5) is 35.7. The third kappa shape index (κ3) is 7.71. The van der Waals surface area contributed by atoms with Crippen LogP contribution in [0.3, 0.4) is 0 Å². The number of benzene rings is 3. The van der Waals surface area contributed by atoms with Crippen LogP contribution in [0.2, 0.25) is 10.0 Å². The summed E-state index contributed by atoms with van der Waals surface area (Å²) in [7, 11) is 0. The highest BCUT2D eigenvalue weighted by Gasteiger charge is 2.13. The lowest BCUT2D eigenvalue weighted by Gasteiger charge is -2.11. The first-order valence-corrected chi connectivity index (χ1v) is 11.5. The molecule has 0 aliphatic carbocycles. The molecule has 0 saturated carbocycles. The zero-order chi connectivity index (χ0) is 25.4. The largest absolute Gasteiger partial charge is 0.482 e. The van der Waals surface area contributed by atoms with Crippen molar-refractivity contribution in [1.29, 1.82) is 0 Å². The minimum atomic E-state index is -0.567. The highest BCUT2D eigenvalue weighted by molar-refractivity contribution is 7.99. The number of carbonyl (C=O) groups excluding carboxylic acids is 2. The highest BCUT2D eigenvalue weighted by Crippen LogP contribution is 2.36. The second-order valence-corrected chi connectivity index (χ2v) is 8.84. The average molecular weight is 533 g/mol. The summed E-state index contributed by atoms with van der Waals surface area (Å²) in [6.07, 6.45) is 1.30. The number of non-ortho nitro benzene ring substituents is 1. The Labute approximate surface area is 214 Å². The Balaban J connectivity index is 1.74. The molecule has 0 atom stereocenters. The predicted molar refractivity (Wildman–Crippen MR) is 136 cm³/mol. The lowest BCUT2D eigenvalue weighted by atomic mass is 10.2. The van der Waals surface area contributed by atoms with E-state index in [9.17, 15) is 19.7 Å². The van der Waals surface area contributed by atoms with Crippen LogP contribution in [0.4, 0.5) is 11.4 Å². The Bertz CT molecular complexity index is 1300. The summed E-state index contributed by atoms with van der Waals surface area (Å²) >= 11 is 13.1. The third-order valence-electron chi connectivity index (χ3n) is 4.27. The molecule has 0 fully saturated rings. The number of nitro groups is 1. The summed E-state index contributed by atoms with van der Waals surface area (Å²) < 4.78 is 5.35. The van der Waals surface area contributed by atoms with Crippen molar-refractivity contribution < 1.29 is 19.2 Å². The number of nitrogens with zero attached hydrogens (tertiary/aromatic N) is 2. The molecule has 0 heterocycles. The van der Waals surface area contributed by atoms with E-state index in [1.54, 1.807) is 36.4 Å². The second-order valence-electron chi connectivity index (χ2n) is 6.92. The van der Waals surface area contributed by atoms with Gasteiger partial charge in [-0.3, -0.25) is 19.7 Å². The topological polar surface area (TPSA) is 123 Å². The van der Waals surface area contributed by atoms with Gasteiger partial charge in [-0.1, -0.05) is 47.1 Å². The number of nitro benzene ring substituents is 1. The van der Waals surface area contributed by atoms with Gasteiger partial charge in [0.1, 0.15) is 5.75 Å². The molecule has 180 valence electrons. The molecule has 12 heteroatoms. The molecule has 0 unspecified atom stereocenters. The molecule has 0 aromatic heterocycles. The molecular formula is C23H18Cl2N4O5S. The van der Waals surface area contributed by atoms with Gasteiger partial charge in [0, 0.05) is 39.4 Å². The van der Waals surface area contributed by atoms with Gasteiger partial charge in [-0.05, 0) is 36.4 Å². The smallest absolute Gasteiger partial charge is 0.277 e. The van der Waals surface area contributed by atoms with E-state index < -0.39 is 10.8 Å². The number of amides is 2. The van der Waals surface area contributed by atoms with Crippen molar-refractivity contribution in [3.8, 4) is 5.75 Å². The zero-order valence-corrected chi connectivity index (χ0v) is 20.5. The number of hydrazone groups is 1. The van der Waals surface area contributed by atoms with E-state index in [1.165, 1.54) is 49.2 Å².